The number of methoxy groups -OCH3 is 1. The Bertz CT molecular complexity index is 708. The first-order chi connectivity index (χ1) is 11.5. The minimum Gasteiger partial charge on any atom is -0.373 e. The molecular weight excluding hydrogens is 328 g/mol. The van der Waals surface area contributed by atoms with E-state index in [-0.39, 0.29) is 16.2 Å². The van der Waals surface area contributed by atoms with Gasteiger partial charge in [-0.2, -0.15) is 0 Å². The van der Waals surface area contributed by atoms with Crippen LogP contribution in [-0.4, -0.2) is 25.1 Å². The Morgan fingerprint density at radius 3 is 2.17 bits per heavy atom. The highest BCUT2D eigenvalue weighted by molar-refractivity contribution is 6.30. The summed E-state index contributed by atoms with van der Waals surface area (Å²) in [5.41, 5.74) is 1.95. The van der Waals surface area contributed by atoms with Crippen LogP contribution in [0.15, 0.2) is 48.5 Å². The maximum absolute atomic E-state index is 10.8. The summed E-state index contributed by atoms with van der Waals surface area (Å²) in [7, 11) is 1.75. The van der Waals surface area contributed by atoms with Crippen LogP contribution in [-0.2, 0) is 10.3 Å². The van der Waals surface area contributed by atoms with E-state index >= 15 is 0 Å². The molecule has 2 aromatic carbocycles. The van der Waals surface area contributed by atoms with E-state index in [0.29, 0.717) is 5.02 Å². The first-order valence-corrected chi connectivity index (χ1v) is 8.22. The zero-order chi connectivity index (χ0) is 17.2. The SMILES string of the molecule is COC1(c2ccc(Cl)cc2)CCN(c2ccc([N+](=O)[O-])cc2)CC1. The smallest absolute Gasteiger partial charge is 0.269 e. The van der Waals surface area contributed by atoms with Crippen molar-refractivity contribution in [2.45, 2.75) is 18.4 Å². The molecule has 3 rings (SSSR count). The number of halogens is 1. The summed E-state index contributed by atoms with van der Waals surface area (Å²) < 4.78 is 5.88. The molecule has 1 heterocycles. The molecule has 0 spiro atoms. The van der Waals surface area contributed by atoms with E-state index in [1.165, 1.54) is 0 Å². The fourth-order valence-corrected chi connectivity index (χ4v) is 3.40. The Hall–Kier alpha value is -2.11. The van der Waals surface area contributed by atoms with Crippen LogP contribution in [0.3, 0.4) is 0 Å². The van der Waals surface area contributed by atoms with Gasteiger partial charge >= 0.3 is 0 Å². The average molecular weight is 347 g/mol. The average Bonchev–Trinajstić information content (AvgIpc) is 2.62. The molecule has 0 radical (unpaired) electrons. The number of anilines is 1. The number of non-ortho nitro benzene ring substituents is 1. The fraction of sp³-hybridized carbons (Fsp3) is 0.333. The van der Waals surface area contributed by atoms with Crippen molar-refractivity contribution < 1.29 is 9.66 Å². The van der Waals surface area contributed by atoms with E-state index in [4.69, 9.17) is 16.3 Å². The van der Waals surface area contributed by atoms with Crippen molar-refractivity contribution >= 4 is 23.0 Å². The molecule has 0 aromatic heterocycles. The Kier molecular flexibility index (Phi) is 4.73. The molecule has 0 N–H and O–H groups in total. The van der Waals surface area contributed by atoms with Crippen molar-refractivity contribution in [1.29, 1.82) is 0 Å². The van der Waals surface area contributed by atoms with Crippen molar-refractivity contribution in [1.82, 2.24) is 0 Å². The predicted octanol–water partition coefficient (Wildman–Crippen LogP) is 4.39. The van der Waals surface area contributed by atoms with Crippen LogP contribution >= 0.6 is 11.6 Å². The van der Waals surface area contributed by atoms with Crippen LogP contribution in [0.1, 0.15) is 18.4 Å². The molecule has 0 atom stereocenters. The molecule has 0 saturated carbocycles. The number of benzene rings is 2. The number of ether oxygens (including phenoxy) is 1. The lowest BCUT2D eigenvalue weighted by molar-refractivity contribution is -0.384. The highest BCUT2D eigenvalue weighted by Crippen LogP contribution is 2.38. The normalized spacial score (nSPS) is 16.8. The molecule has 24 heavy (non-hydrogen) atoms. The molecule has 1 aliphatic rings. The predicted molar refractivity (Wildman–Crippen MR) is 94.7 cm³/mol. The monoisotopic (exact) mass is 346 g/mol. The molecular formula is C18H19ClN2O3. The van der Waals surface area contributed by atoms with Gasteiger partial charge in [0.2, 0.25) is 0 Å². The third-order valence-electron chi connectivity index (χ3n) is 4.76. The number of hydrogen-bond donors (Lipinski definition) is 0. The maximum Gasteiger partial charge on any atom is 0.269 e. The second kappa shape index (κ2) is 6.79. The molecule has 1 aliphatic heterocycles. The number of nitro groups is 1. The maximum atomic E-state index is 10.8. The summed E-state index contributed by atoms with van der Waals surface area (Å²) in [6, 6.07) is 14.5. The molecule has 0 bridgehead atoms. The Labute approximate surface area is 146 Å². The van der Waals surface area contributed by atoms with Crippen molar-refractivity contribution in [3.63, 3.8) is 0 Å². The molecule has 1 fully saturated rings. The van der Waals surface area contributed by atoms with Crippen molar-refractivity contribution in [2.75, 3.05) is 25.1 Å². The molecule has 5 nitrogen and oxygen atoms in total. The first-order valence-electron chi connectivity index (χ1n) is 7.85. The second-order valence-corrected chi connectivity index (χ2v) is 6.40. The molecule has 0 aliphatic carbocycles. The highest BCUT2D eigenvalue weighted by Gasteiger charge is 2.36. The lowest BCUT2D eigenvalue weighted by Crippen LogP contribution is -2.43. The second-order valence-electron chi connectivity index (χ2n) is 5.97. The molecule has 0 unspecified atom stereocenters. The number of hydrogen-bond acceptors (Lipinski definition) is 4. The van der Waals surface area contributed by atoms with E-state index in [1.807, 2.05) is 24.3 Å². The van der Waals surface area contributed by atoms with Crippen molar-refractivity contribution in [3.05, 3.63) is 69.2 Å². The third-order valence-corrected chi connectivity index (χ3v) is 5.01. The summed E-state index contributed by atoms with van der Waals surface area (Å²) >= 11 is 5.98. The van der Waals surface area contributed by atoms with Gasteiger partial charge < -0.3 is 9.64 Å². The highest BCUT2D eigenvalue weighted by atomic mass is 35.5. The number of piperidine rings is 1. The zero-order valence-corrected chi connectivity index (χ0v) is 14.2. The standard InChI is InChI=1S/C18H19ClN2O3/c1-24-18(14-2-4-15(19)5-3-14)10-12-20(13-11-18)16-6-8-17(9-7-16)21(22)23/h2-9H,10-13H2,1H3. The summed E-state index contributed by atoms with van der Waals surface area (Å²) in [6.45, 7) is 1.66. The van der Waals surface area contributed by atoms with Crippen LogP contribution in [0.4, 0.5) is 11.4 Å². The Morgan fingerprint density at radius 1 is 1.08 bits per heavy atom. The van der Waals surface area contributed by atoms with Gasteiger partial charge in [0, 0.05) is 43.0 Å². The van der Waals surface area contributed by atoms with Crippen molar-refractivity contribution in [3.8, 4) is 0 Å². The van der Waals surface area contributed by atoms with E-state index < -0.39 is 0 Å². The Balaban J connectivity index is 1.74. The van der Waals surface area contributed by atoms with Crippen LogP contribution < -0.4 is 4.90 Å². The van der Waals surface area contributed by atoms with Crippen LogP contribution in [0.2, 0.25) is 5.02 Å². The molecule has 0 amide bonds. The van der Waals surface area contributed by atoms with Gasteiger partial charge in [-0.1, -0.05) is 23.7 Å². The van der Waals surface area contributed by atoms with Crippen molar-refractivity contribution in [2.24, 2.45) is 0 Å². The van der Waals surface area contributed by atoms with Gasteiger partial charge in [-0.05, 0) is 42.7 Å². The van der Waals surface area contributed by atoms with Gasteiger partial charge in [0.1, 0.15) is 0 Å². The molecule has 6 heteroatoms. The number of rotatable bonds is 4. The van der Waals surface area contributed by atoms with Gasteiger partial charge in [0.15, 0.2) is 0 Å². The lowest BCUT2D eigenvalue weighted by atomic mass is 9.84. The van der Waals surface area contributed by atoms with Gasteiger partial charge in [0.05, 0.1) is 10.5 Å². The van der Waals surface area contributed by atoms with Crippen LogP contribution in [0.25, 0.3) is 0 Å². The van der Waals surface area contributed by atoms with E-state index in [2.05, 4.69) is 4.90 Å². The quantitative estimate of drug-likeness (QED) is 0.608. The van der Waals surface area contributed by atoms with Crippen LogP contribution in [0, 0.1) is 10.1 Å². The summed E-state index contributed by atoms with van der Waals surface area (Å²) in [5.74, 6) is 0. The summed E-state index contributed by atoms with van der Waals surface area (Å²) in [6.07, 6.45) is 1.70. The summed E-state index contributed by atoms with van der Waals surface area (Å²) in [4.78, 5) is 12.6. The van der Waals surface area contributed by atoms with Gasteiger partial charge in [0.25, 0.3) is 5.69 Å². The molecule has 2 aromatic rings. The molecule has 1 saturated heterocycles. The van der Waals surface area contributed by atoms with Gasteiger partial charge in [-0.3, -0.25) is 10.1 Å². The zero-order valence-electron chi connectivity index (χ0n) is 13.4. The largest absolute Gasteiger partial charge is 0.373 e. The Morgan fingerprint density at radius 2 is 1.67 bits per heavy atom. The van der Waals surface area contributed by atoms with Gasteiger partial charge in [-0.25, -0.2) is 0 Å². The minimum atomic E-state index is -0.379. The van der Waals surface area contributed by atoms with Gasteiger partial charge in [-0.15, -0.1) is 0 Å². The van der Waals surface area contributed by atoms with E-state index in [1.54, 1.807) is 31.4 Å². The number of nitrogens with zero attached hydrogens (tertiary/aromatic N) is 2. The molecule has 126 valence electrons. The minimum absolute atomic E-state index is 0.114. The van der Waals surface area contributed by atoms with Crippen LogP contribution in [0.5, 0.6) is 0 Å². The fourth-order valence-electron chi connectivity index (χ4n) is 3.28. The third kappa shape index (κ3) is 3.23. The van der Waals surface area contributed by atoms with E-state index in [0.717, 1.165) is 37.2 Å². The summed E-state index contributed by atoms with van der Waals surface area (Å²) in [5, 5.41) is 11.5. The number of nitro benzene ring substituents is 1. The first kappa shape index (κ1) is 16.7. The lowest BCUT2D eigenvalue weighted by Gasteiger charge is -2.42. The topological polar surface area (TPSA) is 55.6 Å². The van der Waals surface area contributed by atoms with E-state index in [9.17, 15) is 10.1 Å².